The van der Waals surface area contributed by atoms with Gasteiger partial charge >= 0.3 is 17.9 Å². The number of carboxylic acids is 1. The van der Waals surface area contributed by atoms with Crippen LogP contribution in [0.25, 0.3) is 0 Å². The van der Waals surface area contributed by atoms with E-state index in [2.05, 4.69) is 0 Å². The maximum atomic E-state index is 14.0. The highest BCUT2D eigenvalue weighted by Crippen LogP contribution is 2.64. The maximum Gasteiger partial charge on any atom is 0.335 e. The molecule has 0 heterocycles. The monoisotopic (exact) mass is 930 g/mol. The predicted octanol–water partition coefficient (Wildman–Crippen LogP) is 5.05. The second-order valence-electron chi connectivity index (χ2n) is 12.5. The molecular weight excluding hydrogens is 898 g/mol. The van der Waals surface area contributed by atoms with Gasteiger partial charge in [0, 0.05) is 19.0 Å². The number of carboxylic acid groups (broad SMARTS) is 1. The summed E-state index contributed by atoms with van der Waals surface area (Å²) in [7, 11) is -4.67. The van der Waals surface area contributed by atoms with Gasteiger partial charge < -0.3 is 33.7 Å². The number of halogens is 2. The molecule has 2 bridgehead atoms. The van der Waals surface area contributed by atoms with E-state index in [4.69, 9.17) is 24.1 Å². The van der Waals surface area contributed by atoms with Crippen LogP contribution in [0.5, 0.6) is 17.2 Å². The Labute approximate surface area is 315 Å². The van der Waals surface area contributed by atoms with Crippen LogP contribution in [-0.2, 0) is 29.2 Å². The van der Waals surface area contributed by atoms with Crippen LogP contribution in [0.3, 0.4) is 0 Å². The SMILES string of the molecule is O=C(O)c1ccc(OCCOC(=O)C2C(C(=O)OCCOc3cc(I)c(S(=O)(=O)[O-])c(I)c3)C3c4ccccc4C2C2CCCCC23)cc1[O-]. The Balaban J connectivity index is 1.16. The zero-order valence-corrected chi connectivity index (χ0v) is 31.6. The first-order chi connectivity index (χ1) is 23.9. The number of aromatic carboxylic acids is 1. The first kappa shape index (κ1) is 36.6. The van der Waals surface area contributed by atoms with E-state index in [1.807, 2.05) is 24.3 Å². The van der Waals surface area contributed by atoms with Crippen LogP contribution in [0.1, 0.15) is 59.0 Å². The molecule has 6 unspecified atom stereocenters. The lowest BCUT2D eigenvalue weighted by Crippen LogP contribution is -2.55. The predicted molar refractivity (Wildman–Crippen MR) is 190 cm³/mol. The van der Waals surface area contributed by atoms with E-state index in [0.29, 0.717) is 5.75 Å². The van der Waals surface area contributed by atoms with E-state index in [1.165, 1.54) is 18.2 Å². The van der Waals surface area contributed by atoms with Gasteiger partial charge in [0.05, 0.1) is 22.3 Å². The molecule has 0 aliphatic heterocycles. The van der Waals surface area contributed by atoms with Crippen molar-refractivity contribution in [2.24, 2.45) is 23.7 Å². The molecule has 50 heavy (non-hydrogen) atoms. The Hall–Kier alpha value is -3.16. The van der Waals surface area contributed by atoms with E-state index < -0.39 is 45.6 Å². The molecule has 15 heteroatoms. The van der Waals surface area contributed by atoms with E-state index in [9.17, 15) is 32.5 Å². The van der Waals surface area contributed by atoms with Crippen molar-refractivity contribution in [1.82, 2.24) is 0 Å². The largest absolute Gasteiger partial charge is 0.872 e. The standard InChI is InChI=1S/C35H34I2O12S/c36-25-15-19(16-26(37)32(25)50(43,44)45)47-12-14-49-35(42)31-29-22-7-3-1-5-20(22)28(21-6-2-4-8-23(21)29)30(31)34(41)48-13-11-46-18-9-10-24(33(39)40)27(38)17-18/h1,3,5,7,9-10,15-17,21,23,28-31,38H,2,4,6,8,11-14H2,(H,39,40)(H,43,44,45)/p-2. The normalized spacial score (nSPS) is 23.7. The minimum Gasteiger partial charge on any atom is -0.872 e. The number of fused-ring (bicyclic) bond motifs is 1. The highest BCUT2D eigenvalue weighted by molar-refractivity contribution is 14.1. The fourth-order valence-corrected chi connectivity index (χ4v) is 12.0. The van der Waals surface area contributed by atoms with Gasteiger partial charge in [-0.15, -0.1) is 0 Å². The van der Waals surface area contributed by atoms with Crippen LogP contribution in [0.2, 0.25) is 0 Å². The molecule has 12 nitrogen and oxygen atoms in total. The van der Waals surface area contributed by atoms with Crippen molar-refractivity contribution < 1.29 is 56.5 Å². The Bertz CT molecular complexity index is 1890. The molecule has 7 rings (SSSR count). The first-order valence-electron chi connectivity index (χ1n) is 16.0. The van der Waals surface area contributed by atoms with Crippen LogP contribution in [0.15, 0.2) is 59.5 Å². The Morgan fingerprint density at radius 3 is 1.72 bits per heavy atom. The van der Waals surface area contributed by atoms with Crippen molar-refractivity contribution in [3.05, 3.63) is 78.4 Å². The third-order valence-corrected chi connectivity index (χ3v) is 13.2. The van der Waals surface area contributed by atoms with Crippen molar-refractivity contribution in [2.45, 2.75) is 42.4 Å². The van der Waals surface area contributed by atoms with Gasteiger partial charge in [0.25, 0.3) is 0 Å². The summed E-state index contributed by atoms with van der Waals surface area (Å²) in [6.45, 7) is -0.422. The summed E-state index contributed by atoms with van der Waals surface area (Å²) >= 11 is 3.52. The molecule has 0 amide bonds. The number of rotatable bonds is 12. The fourth-order valence-electron chi connectivity index (χ4n) is 8.04. The number of hydrogen-bond donors (Lipinski definition) is 1. The summed E-state index contributed by atoms with van der Waals surface area (Å²) in [5, 5.41) is 21.1. The second kappa shape index (κ2) is 15.2. The van der Waals surface area contributed by atoms with Crippen LogP contribution >= 0.6 is 45.2 Å². The minimum absolute atomic E-state index is 0.0458. The number of hydrogen-bond acceptors (Lipinski definition) is 11. The summed E-state index contributed by atoms with van der Waals surface area (Å²) in [6, 6.07) is 14.4. The summed E-state index contributed by atoms with van der Waals surface area (Å²) < 4.78 is 58.1. The van der Waals surface area contributed by atoms with Crippen molar-refractivity contribution in [2.75, 3.05) is 26.4 Å². The fraction of sp³-hybridized carbons (Fsp3) is 0.400. The van der Waals surface area contributed by atoms with Crippen molar-refractivity contribution in [3.63, 3.8) is 0 Å². The highest BCUT2D eigenvalue weighted by Gasteiger charge is 2.61. The van der Waals surface area contributed by atoms with Gasteiger partial charge in [0.1, 0.15) is 48.0 Å². The highest BCUT2D eigenvalue weighted by atomic mass is 127. The van der Waals surface area contributed by atoms with Crippen molar-refractivity contribution in [1.29, 1.82) is 0 Å². The molecule has 0 radical (unpaired) electrons. The smallest absolute Gasteiger partial charge is 0.335 e. The molecule has 2 saturated carbocycles. The Morgan fingerprint density at radius 2 is 1.26 bits per heavy atom. The van der Waals surface area contributed by atoms with E-state index in [-0.39, 0.29) is 73.4 Å². The average molecular weight is 931 g/mol. The quantitative estimate of drug-likeness (QED) is 0.110. The lowest BCUT2D eigenvalue weighted by atomic mass is 9.46. The van der Waals surface area contributed by atoms with E-state index >= 15 is 0 Å². The van der Waals surface area contributed by atoms with Gasteiger partial charge in [-0.3, -0.25) is 9.59 Å². The summed E-state index contributed by atoms with van der Waals surface area (Å²) in [4.78, 5) is 38.8. The number of ether oxygens (including phenoxy) is 4. The van der Waals surface area contributed by atoms with Gasteiger partial charge in [-0.05, 0) is 111 Å². The van der Waals surface area contributed by atoms with Crippen LogP contribution in [0.4, 0.5) is 0 Å². The Morgan fingerprint density at radius 1 is 0.760 bits per heavy atom. The van der Waals surface area contributed by atoms with Crippen LogP contribution < -0.4 is 14.6 Å². The molecule has 2 fully saturated rings. The van der Waals surface area contributed by atoms with Crippen LogP contribution in [0, 0.1) is 30.8 Å². The Kier molecular flexibility index (Phi) is 11.1. The number of benzene rings is 3. The second-order valence-corrected chi connectivity index (χ2v) is 16.2. The third-order valence-electron chi connectivity index (χ3n) is 9.81. The molecule has 4 aliphatic rings. The molecule has 266 valence electrons. The molecular formula is C35H32I2O12S-2. The van der Waals surface area contributed by atoms with Gasteiger partial charge in [0.2, 0.25) is 0 Å². The average Bonchev–Trinajstić information content (AvgIpc) is 3.07. The molecule has 1 N–H and O–H groups in total. The topological polar surface area (TPSA) is 189 Å². The summed E-state index contributed by atoms with van der Waals surface area (Å²) in [5.41, 5.74) is 1.74. The van der Waals surface area contributed by atoms with E-state index in [1.54, 1.807) is 45.2 Å². The maximum absolute atomic E-state index is 14.0. The summed E-state index contributed by atoms with van der Waals surface area (Å²) in [6.07, 6.45) is 3.96. The minimum atomic E-state index is -4.67. The first-order valence-corrected chi connectivity index (χ1v) is 19.6. The van der Waals surface area contributed by atoms with Gasteiger partial charge in [-0.25, -0.2) is 13.2 Å². The van der Waals surface area contributed by atoms with Crippen LogP contribution in [-0.4, -0.2) is 62.4 Å². The molecule has 0 spiro atoms. The number of carbonyl (C=O) groups is 3. The molecule has 0 aromatic heterocycles. The van der Waals surface area contributed by atoms with Gasteiger partial charge in [-0.2, -0.15) is 0 Å². The molecule has 3 aromatic rings. The van der Waals surface area contributed by atoms with E-state index in [0.717, 1.165) is 48.9 Å². The van der Waals surface area contributed by atoms with Crippen molar-refractivity contribution >= 4 is 73.2 Å². The lowest BCUT2D eigenvalue weighted by molar-refractivity contribution is -0.268. The third kappa shape index (κ3) is 7.41. The number of esters is 2. The van der Waals surface area contributed by atoms with Gasteiger partial charge in [-0.1, -0.05) is 42.9 Å². The zero-order valence-electron chi connectivity index (χ0n) is 26.4. The zero-order chi connectivity index (χ0) is 35.7. The number of carbonyl (C=O) groups excluding carboxylic acids is 2. The molecule has 3 aromatic carbocycles. The molecule has 4 aliphatic carbocycles. The summed E-state index contributed by atoms with van der Waals surface area (Å²) in [5.74, 6) is -4.30. The van der Waals surface area contributed by atoms with Crippen molar-refractivity contribution in [3.8, 4) is 17.2 Å². The van der Waals surface area contributed by atoms with Gasteiger partial charge in [0.15, 0.2) is 0 Å². The lowest BCUT2D eigenvalue weighted by Gasteiger charge is -2.57. The molecule has 0 saturated heterocycles. The molecule has 6 atom stereocenters.